The Balaban J connectivity index is 0. The Morgan fingerprint density at radius 2 is 1.41 bits per heavy atom. The van der Waals surface area contributed by atoms with E-state index in [0.717, 1.165) is 0 Å². The van der Waals surface area contributed by atoms with Crippen LogP contribution in [0, 0.1) is 0 Å². The van der Waals surface area contributed by atoms with Gasteiger partial charge in [0.25, 0.3) is 0 Å². The zero-order chi connectivity index (χ0) is 13.4. The van der Waals surface area contributed by atoms with Crippen LogP contribution in [-0.4, -0.2) is 19.8 Å². The molecule has 0 atom stereocenters. The van der Waals surface area contributed by atoms with Crippen LogP contribution >= 0.6 is 0 Å². The minimum absolute atomic E-state index is 0. The zero-order valence-electron chi connectivity index (χ0n) is 7.69. The molecule has 0 aliphatic heterocycles. The molecular formula is C4F7NaO3S2. The summed E-state index contributed by atoms with van der Waals surface area (Å²) < 4.78 is 106. The van der Waals surface area contributed by atoms with Crippen LogP contribution in [-0.2, 0) is 25.3 Å². The molecule has 0 fully saturated rings. The number of alkyl halides is 4. The first kappa shape index (κ1) is 19.7. The zero-order valence-corrected chi connectivity index (χ0v) is 11.3. The van der Waals surface area contributed by atoms with Gasteiger partial charge >= 0.3 is 53.0 Å². The second-order valence-electron chi connectivity index (χ2n) is 2.12. The van der Waals surface area contributed by atoms with Crippen molar-refractivity contribution in [3.05, 3.63) is 12.1 Å². The number of ether oxygens (including phenoxy) is 1. The average Bonchev–Trinajstić information content (AvgIpc) is 2.00. The van der Waals surface area contributed by atoms with Crippen LogP contribution in [0.25, 0.3) is 0 Å². The van der Waals surface area contributed by atoms with E-state index < -0.39 is 32.3 Å². The van der Waals surface area contributed by atoms with Gasteiger partial charge in [-0.25, -0.2) is 8.42 Å². The minimum Gasteiger partial charge on any atom is -0.643 e. The Kier molecular flexibility index (Phi) is 6.94. The molecule has 0 aromatic heterocycles. The molecule has 0 rings (SSSR count). The molecule has 13 heteroatoms. The number of rotatable bonds is 4. The molecule has 96 valence electrons. The van der Waals surface area contributed by atoms with Crippen LogP contribution in [0.2, 0.25) is 0 Å². The van der Waals surface area contributed by atoms with Crippen LogP contribution in [0.15, 0.2) is 12.1 Å². The molecule has 0 radical (unpaired) electrons. The van der Waals surface area contributed by atoms with Gasteiger partial charge in [0.15, 0.2) is 0 Å². The molecular weight excluding hydrogens is 316 g/mol. The quantitative estimate of drug-likeness (QED) is 0.222. The molecule has 0 N–H and O–H groups in total. The van der Waals surface area contributed by atoms with Gasteiger partial charge < -0.3 is 16.4 Å². The Bertz CT molecular complexity index is 401. The van der Waals surface area contributed by atoms with Gasteiger partial charge in [-0.1, -0.05) is 0 Å². The summed E-state index contributed by atoms with van der Waals surface area (Å²) in [6.07, 6.45) is -9.52. The van der Waals surface area contributed by atoms with E-state index in [0.29, 0.717) is 0 Å². The molecule has 0 spiro atoms. The van der Waals surface area contributed by atoms with E-state index in [-0.39, 0.29) is 29.6 Å². The SMILES string of the molecule is O=S(=O)([S-])C(F)(F)C(F)(F)OC(F)=C(F)F.[Na+]. The monoisotopic (exact) mass is 316 g/mol. The normalized spacial score (nSPS) is 12.7. The maximum absolute atomic E-state index is 12.3. The van der Waals surface area contributed by atoms with Crippen molar-refractivity contribution < 1.29 is 73.4 Å². The van der Waals surface area contributed by atoms with Gasteiger partial charge in [0.2, 0.25) is 0 Å². The van der Waals surface area contributed by atoms with E-state index in [9.17, 15) is 39.2 Å². The van der Waals surface area contributed by atoms with E-state index >= 15 is 0 Å². The smallest absolute Gasteiger partial charge is 0.643 e. The molecule has 0 unspecified atom stereocenters. The summed E-state index contributed by atoms with van der Waals surface area (Å²) in [6, 6.07) is -3.33. The van der Waals surface area contributed by atoms with Crippen molar-refractivity contribution in [2.24, 2.45) is 0 Å². The standard InChI is InChI=1S/C4HF7O3S2.Na/c5-1(6)2(7)14-3(8,9)4(10,11)16(12,13)15;/h(H,12,13,15);/q;+1/p-1. The summed E-state index contributed by atoms with van der Waals surface area (Å²) >= 11 is 3.02. The second kappa shape index (κ2) is 5.99. The van der Waals surface area contributed by atoms with E-state index in [4.69, 9.17) is 0 Å². The van der Waals surface area contributed by atoms with Gasteiger partial charge in [-0.2, -0.15) is 30.7 Å². The van der Waals surface area contributed by atoms with E-state index in [1.54, 1.807) is 0 Å². The predicted octanol–water partition coefficient (Wildman–Crippen LogP) is -0.896. The summed E-state index contributed by atoms with van der Waals surface area (Å²) in [7, 11) is -6.09. The van der Waals surface area contributed by atoms with E-state index in [1.165, 1.54) is 0 Å². The predicted molar refractivity (Wildman–Crippen MR) is 37.6 cm³/mol. The van der Waals surface area contributed by atoms with Crippen LogP contribution < -0.4 is 29.6 Å². The fourth-order valence-corrected chi connectivity index (χ4v) is 0.980. The Hall–Kier alpha value is 0.350. The molecule has 3 nitrogen and oxygen atoms in total. The Morgan fingerprint density at radius 3 is 1.65 bits per heavy atom. The van der Waals surface area contributed by atoms with Crippen molar-refractivity contribution in [3.8, 4) is 0 Å². The fraction of sp³-hybridized carbons (Fsp3) is 0.500. The summed E-state index contributed by atoms with van der Waals surface area (Å²) in [4.78, 5) is 0. The third-order valence-electron chi connectivity index (χ3n) is 1.02. The van der Waals surface area contributed by atoms with Gasteiger partial charge in [0, 0.05) is 0 Å². The molecule has 0 saturated carbocycles. The maximum Gasteiger partial charge on any atom is 1.00 e. The molecule has 0 aliphatic carbocycles. The summed E-state index contributed by atoms with van der Waals surface area (Å²) in [6.45, 7) is 0. The van der Waals surface area contributed by atoms with Crippen LogP contribution in [0.3, 0.4) is 0 Å². The summed E-state index contributed by atoms with van der Waals surface area (Å²) in [5.41, 5.74) is 0. The molecule has 0 aliphatic rings. The topological polar surface area (TPSA) is 43.4 Å². The number of hydrogen-bond donors (Lipinski definition) is 0. The van der Waals surface area contributed by atoms with Crippen molar-refractivity contribution >= 4 is 20.5 Å². The third kappa shape index (κ3) is 4.50. The minimum atomic E-state index is -6.09. The molecule has 0 bridgehead atoms. The van der Waals surface area contributed by atoms with Gasteiger partial charge in [-0.15, -0.1) is 0 Å². The first-order valence-electron chi connectivity index (χ1n) is 2.94. The van der Waals surface area contributed by atoms with Crippen molar-refractivity contribution in [2.75, 3.05) is 0 Å². The van der Waals surface area contributed by atoms with Gasteiger partial charge in [0.05, 0.1) is 0 Å². The molecule has 0 heterocycles. The molecule has 0 amide bonds. The Labute approximate surface area is 117 Å². The van der Waals surface area contributed by atoms with Gasteiger partial charge in [-0.05, 0) is 0 Å². The second-order valence-corrected chi connectivity index (χ2v) is 4.86. The van der Waals surface area contributed by atoms with Crippen LogP contribution in [0.1, 0.15) is 0 Å². The molecule has 0 aromatic carbocycles. The first-order valence-corrected chi connectivity index (χ1v) is 5.34. The maximum atomic E-state index is 12.3. The van der Waals surface area contributed by atoms with Crippen molar-refractivity contribution in [3.63, 3.8) is 0 Å². The first-order chi connectivity index (χ1) is 6.83. The number of halogens is 7. The van der Waals surface area contributed by atoms with Gasteiger partial charge in [0.1, 0.15) is 8.87 Å². The molecule has 0 aromatic rings. The van der Waals surface area contributed by atoms with Crippen molar-refractivity contribution in [2.45, 2.75) is 11.4 Å². The average molecular weight is 316 g/mol. The van der Waals surface area contributed by atoms with E-state index in [1.807, 2.05) is 0 Å². The summed E-state index contributed by atoms with van der Waals surface area (Å²) in [5, 5.41) is -6.03. The largest absolute Gasteiger partial charge is 1.00 e. The van der Waals surface area contributed by atoms with Crippen LogP contribution in [0.4, 0.5) is 30.7 Å². The Morgan fingerprint density at radius 1 is 1.06 bits per heavy atom. The number of hydrogen-bond acceptors (Lipinski definition) is 4. The van der Waals surface area contributed by atoms with Crippen molar-refractivity contribution in [1.82, 2.24) is 0 Å². The fourth-order valence-electron chi connectivity index (χ4n) is 0.356. The molecule has 17 heavy (non-hydrogen) atoms. The third-order valence-corrected chi connectivity index (χ3v) is 2.51. The molecule has 0 saturated heterocycles. The summed E-state index contributed by atoms with van der Waals surface area (Å²) in [5.74, 6) is 0. The van der Waals surface area contributed by atoms with E-state index in [2.05, 4.69) is 16.4 Å². The van der Waals surface area contributed by atoms with Crippen molar-refractivity contribution in [1.29, 1.82) is 0 Å². The van der Waals surface area contributed by atoms with Crippen LogP contribution in [0.5, 0.6) is 0 Å². The van der Waals surface area contributed by atoms with Gasteiger partial charge in [-0.3, -0.25) is 0 Å².